The third-order valence-electron chi connectivity index (χ3n) is 1.44. The van der Waals surface area contributed by atoms with Gasteiger partial charge in [0, 0.05) is 0 Å². The molecule has 4 heteroatoms. The summed E-state index contributed by atoms with van der Waals surface area (Å²) in [7, 11) is 3.15. The normalized spacial score (nSPS) is 9.67. The van der Waals surface area contributed by atoms with E-state index in [9.17, 15) is 0 Å². The summed E-state index contributed by atoms with van der Waals surface area (Å²) in [6.07, 6.45) is 0. The minimum absolute atomic E-state index is 0.560. The quantitative estimate of drug-likeness (QED) is 0.804. The van der Waals surface area contributed by atoms with Crippen molar-refractivity contribution in [1.82, 2.24) is 0 Å². The van der Waals surface area contributed by atoms with Crippen LogP contribution in [0.1, 0.15) is 0 Å². The number of methoxy groups -OCH3 is 2. The average Bonchev–Trinajstić information content (AvgIpc) is 2.06. The molecule has 0 radical (unpaired) electrons. The van der Waals surface area contributed by atoms with Gasteiger partial charge in [0.25, 0.3) is 0 Å². The summed E-state index contributed by atoms with van der Waals surface area (Å²) >= 11 is 9.17. The van der Waals surface area contributed by atoms with Crippen molar-refractivity contribution in [3.63, 3.8) is 0 Å². The highest BCUT2D eigenvalue weighted by Gasteiger charge is 2.10. The third-order valence-corrected chi connectivity index (χ3v) is 2.49. The zero-order chi connectivity index (χ0) is 9.14. The molecule has 0 atom stereocenters. The van der Waals surface area contributed by atoms with Crippen LogP contribution in [0.15, 0.2) is 16.6 Å². The van der Waals surface area contributed by atoms with Gasteiger partial charge in [-0.1, -0.05) is 11.6 Å². The lowest BCUT2D eigenvalue weighted by atomic mass is 10.3. The SMILES string of the molecule is COc1ccc(Cl)c(OC)c1Br. The molecule has 0 unspecified atom stereocenters. The molecule has 2 nitrogen and oxygen atoms in total. The molecule has 0 aliphatic carbocycles. The van der Waals surface area contributed by atoms with Gasteiger partial charge in [-0.2, -0.15) is 0 Å². The summed E-state index contributed by atoms with van der Waals surface area (Å²) in [5.41, 5.74) is 0. The van der Waals surface area contributed by atoms with E-state index in [1.807, 2.05) is 0 Å². The van der Waals surface area contributed by atoms with Crippen molar-refractivity contribution in [1.29, 1.82) is 0 Å². The molecule has 0 bridgehead atoms. The van der Waals surface area contributed by atoms with Gasteiger partial charge in [-0.05, 0) is 28.1 Å². The largest absolute Gasteiger partial charge is 0.495 e. The Morgan fingerprint density at radius 2 is 1.92 bits per heavy atom. The van der Waals surface area contributed by atoms with E-state index in [0.717, 1.165) is 4.47 Å². The summed E-state index contributed by atoms with van der Waals surface area (Å²) in [5.74, 6) is 1.30. The first kappa shape index (κ1) is 9.68. The predicted octanol–water partition coefficient (Wildman–Crippen LogP) is 3.12. The fraction of sp³-hybridized carbons (Fsp3) is 0.250. The number of rotatable bonds is 2. The van der Waals surface area contributed by atoms with Gasteiger partial charge in [0.15, 0.2) is 5.75 Å². The second-order valence-electron chi connectivity index (χ2n) is 2.10. The Morgan fingerprint density at radius 1 is 1.25 bits per heavy atom. The Bertz CT molecular complexity index is 289. The minimum Gasteiger partial charge on any atom is -0.495 e. The lowest BCUT2D eigenvalue weighted by molar-refractivity contribution is 0.389. The van der Waals surface area contributed by atoms with Gasteiger partial charge >= 0.3 is 0 Å². The molecule has 0 N–H and O–H groups in total. The van der Waals surface area contributed by atoms with E-state index < -0.39 is 0 Å². The molecule has 0 heterocycles. The van der Waals surface area contributed by atoms with Gasteiger partial charge in [0.1, 0.15) is 10.2 Å². The molecule has 0 saturated carbocycles. The molecular formula is C8H8BrClO2. The van der Waals surface area contributed by atoms with Gasteiger partial charge in [-0.3, -0.25) is 0 Å². The van der Waals surface area contributed by atoms with Crippen LogP contribution >= 0.6 is 27.5 Å². The lowest BCUT2D eigenvalue weighted by Gasteiger charge is -2.08. The molecule has 0 spiro atoms. The first-order valence-corrected chi connectivity index (χ1v) is 4.43. The zero-order valence-electron chi connectivity index (χ0n) is 6.73. The van der Waals surface area contributed by atoms with Crippen LogP contribution in [-0.4, -0.2) is 14.2 Å². The zero-order valence-corrected chi connectivity index (χ0v) is 9.07. The van der Waals surface area contributed by atoms with Crippen LogP contribution in [0.5, 0.6) is 11.5 Å². The highest BCUT2D eigenvalue weighted by Crippen LogP contribution is 2.39. The average molecular weight is 252 g/mol. The number of ether oxygens (including phenoxy) is 2. The number of benzene rings is 1. The van der Waals surface area contributed by atoms with Gasteiger partial charge in [0.2, 0.25) is 0 Å². The fourth-order valence-corrected chi connectivity index (χ4v) is 1.88. The summed E-state index contributed by atoms with van der Waals surface area (Å²) < 4.78 is 10.9. The van der Waals surface area contributed by atoms with Crippen molar-refractivity contribution in [2.24, 2.45) is 0 Å². The maximum atomic E-state index is 5.85. The molecule has 1 aromatic rings. The van der Waals surface area contributed by atoms with E-state index in [4.69, 9.17) is 21.1 Å². The molecule has 0 aliphatic rings. The number of halogens is 2. The van der Waals surface area contributed by atoms with E-state index in [2.05, 4.69) is 15.9 Å². The highest BCUT2D eigenvalue weighted by molar-refractivity contribution is 9.10. The predicted molar refractivity (Wildman–Crippen MR) is 52.3 cm³/mol. The maximum Gasteiger partial charge on any atom is 0.155 e. The van der Waals surface area contributed by atoms with Crippen LogP contribution in [0.3, 0.4) is 0 Å². The lowest BCUT2D eigenvalue weighted by Crippen LogP contribution is -1.89. The summed E-state index contributed by atoms with van der Waals surface area (Å²) in [4.78, 5) is 0. The molecule has 0 saturated heterocycles. The van der Waals surface area contributed by atoms with Crippen molar-refractivity contribution < 1.29 is 9.47 Å². The Kier molecular flexibility index (Phi) is 3.23. The molecule has 0 amide bonds. The standard InChI is InChI=1S/C8H8BrClO2/c1-11-6-4-3-5(10)8(12-2)7(6)9/h3-4H,1-2H3. The molecular weight excluding hydrogens is 243 g/mol. The number of hydrogen-bond donors (Lipinski definition) is 0. The minimum atomic E-state index is 0.560. The van der Waals surface area contributed by atoms with E-state index in [1.165, 1.54) is 0 Å². The number of hydrogen-bond acceptors (Lipinski definition) is 2. The fourth-order valence-electron chi connectivity index (χ4n) is 0.859. The van der Waals surface area contributed by atoms with Crippen molar-refractivity contribution in [3.05, 3.63) is 21.6 Å². The molecule has 1 aromatic carbocycles. The smallest absolute Gasteiger partial charge is 0.155 e. The Morgan fingerprint density at radius 3 is 2.42 bits per heavy atom. The Labute approximate surface area is 84.6 Å². The topological polar surface area (TPSA) is 18.5 Å². The van der Waals surface area contributed by atoms with Crippen LogP contribution in [0, 0.1) is 0 Å². The first-order chi connectivity index (χ1) is 5.70. The van der Waals surface area contributed by atoms with E-state index >= 15 is 0 Å². The van der Waals surface area contributed by atoms with Crippen LogP contribution in [0.25, 0.3) is 0 Å². The molecule has 0 aromatic heterocycles. The maximum absolute atomic E-state index is 5.85. The van der Waals surface area contributed by atoms with Gasteiger partial charge in [0.05, 0.1) is 19.2 Å². The second kappa shape index (κ2) is 4.01. The van der Waals surface area contributed by atoms with Crippen molar-refractivity contribution >= 4 is 27.5 Å². The van der Waals surface area contributed by atoms with Crippen LogP contribution < -0.4 is 9.47 Å². The summed E-state index contributed by atoms with van der Waals surface area (Å²) in [5, 5.41) is 0.560. The monoisotopic (exact) mass is 250 g/mol. The van der Waals surface area contributed by atoms with Crippen LogP contribution in [0.2, 0.25) is 5.02 Å². The Balaban J connectivity index is 3.24. The summed E-state index contributed by atoms with van der Waals surface area (Å²) in [6.45, 7) is 0. The highest BCUT2D eigenvalue weighted by atomic mass is 79.9. The van der Waals surface area contributed by atoms with Gasteiger partial charge in [-0.25, -0.2) is 0 Å². The summed E-state index contributed by atoms with van der Waals surface area (Å²) in [6, 6.07) is 3.50. The second-order valence-corrected chi connectivity index (χ2v) is 3.30. The van der Waals surface area contributed by atoms with Gasteiger partial charge < -0.3 is 9.47 Å². The molecule has 12 heavy (non-hydrogen) atoms. The third kappa shape index (κ3) is 1.67. The molecule has 1 rings (SSSR count). The van der Waals surface area contributed by atoms with Crippen molar-refractivity contribution in [3.8, 4) is 11.5 Å². The van der Waals surface area contributed by atoms with E-state index in [-0.39, 0.29) is 0 Å². The first-order valence-electron chi connectivity index (χ1n) is 3.26. The van der Waals surface area contributed by atoms with Crippen LogP contribution in [-0.2, 0) is 0 Å². The van der Waals surface area contributed by atoms with E-state index in [0.29, 0.717) is 16.5 Å². The van der Waals surface area contributed by atoms with Crippen LogP contribution in [0.4, 0.5) is 0 Å². The van der Waals surface area contributed by atoms with Crippen molar-refractivity contribution in [2.75, 3.05) is 14.2 Å². The molecule has 66 valence electrons. The molecule has 0 fully saturated rings. The van der Waals surface area contributed by atoms with Crippen molar-refractivity contribution in [2.45, 2.75) is 0 Å². The van der Waals surface area contributed by atoms with E-state index in [1.54, 1.807) is 26.4 Å². The Hall–Kier alpha value is -0.410. The molecule has 0 aliphatic heterocycles. The van der Waals surface area contributed by atoms with Gasteiger partial charge in [-0.15, -0.1) is 0 Å².